The second-order valence-corrected chi connectivity index (χ2v) is 9.06. The highest BCUT2D eigenvalue weighted by Gasteiger charge is 2.38. The third-order valence-electron chi connectivity index (χ3n) is 5.35. The number of amides is 3. The molecule has 16 nitrogen and oxygen atoms in total. The molecule has 0 saturated carbocycles. The molecule has 0 aliphatic rings. The van der Waals surface area contributed by atoms with Gasteiger partial charge in [0.25, 0.3) is 0 Å². The molecule has 19 heteroatoms. The summed E-state index contributed by atoms with van der Waals surface area (Å²) in [4.78, 5) is 72.4. The predicted molar refractivity (Wildman–Crippen MR) is 148 cm³/mol. The van der Waals surface area contributed by atoms with Crippen molar-refractivity contribution in [2.75, 3.05) is 13.1 Å². The van der Waals surface area contributed by atoms with E-state index in [-0.39, 0.29) is 31.8 Å². The van der Waals surface area contributed by atoms with E-state index in [1.165, 1.54) is 0 Å². The largest absolute Gasteiger partial charge is 0.490 e. The molecule has 3 atom stereocenters. The van der Waals surface area contributed by atoms with E-state index in [9.17, 15) is 42.3 Å². The van der Waals surface area contributed by atoms with Gasteiger partial charge in [-0.05, 0) is 24.8 Å². The van der Waals surface area contributed by atoms with Gasteiger partial charge in [0.05, 0.1) is 12.5 Å². The van der Waals surface area contributed by atoms with Gasteiger partial charge in [-0.1, -0.05) is 30.3 Å². The Bertz CT molecular complexity index is 1150. The van der Waals surface area contributed by atoms with Crippen molar-refractivity contribution in [1.29, 1.82) is 0 Å². The van der Waals surface area contributed by atoms with E-state index in [0.29, 0.717) is 24.9 Å². The van der Waals surface area contributed by atoms with Gasteiger partial charge in [-0.3, -0.25) is 24.2 Å². The molecular formula is C25H36F3N7O9. The Morgan fingerprint density at radius 1 is 0.886 bits per heavy atom. The van der Waals surface area contributed by atoms with Gasteiger partial charge in [-0.25, -0.2) is 9.59 Å². The highest BCUT2D eigenvalue weighted by molar-refractivity contribution is 5.93. The third kappa shape index (κ3) is 18.5. The van der Waals surface area contributed by atoms with Crippen LogP contribution in [0.3, 0.4) is 0 Å². The maximum Gasteiger partial charge on any atom is 0.490 e. The smallest absolute Gasteiger partial charge is 0.481 e. The molecule has 1 rings (SSSR count). The number of carbonyl (C=O) groups is 6. The fraction of sp³-hybridized carbons (Fsp3) is 0.480. The number of nitrogens with one attached hydrogen (secondary N) is 3. The Labute approximate surface area is 249 Å². The Kier molecular flexibility index (Phi) is 17.8. The molecule has 0 aromatic heterocycles. The second-order valence-electron chi connectivity index (χ2n) is 9.06. The summed E-state index contributed by atoms with van der Waals surface area (Å²) < 4.78 is 31.7. The van der Waals surface area contributed by atoms with Gasteiger partial charge >= 0.3 is 24.1 Å². The number of rotatable bonds is 17. The van der Waals surface area contributed by atoms with Crippen molar-refractivity contribution >= 4 is 41.6 Å². The summed E-state index contributed by atoms with van der Waals surface area (Å²) in [5.74, 6) is -7.43. The van der Waals surface area contributed by atoms with Crippen molar-refractivity contribution in [3.8, 4) is 0 Å². The monoisotopic (exact) mass is 635 g/mol. The highest BCUT2D eigenvalue weighted by atomic mass is 19.4. The number of aliphatic carboxylic acids is 3. The molecule has 0 bridgehead atoms. The van der Waals surface area contributed by atoms with Crippen LogP contribution in [0.2, 0.25) is 0 Å². The molecule has 0 radical (unpaired) electrons. The minimum atomic E-state index is -5.08. The van der Waals surface area contributed by atoms with E-state index in [1.807, 2.05) is 0 Å². The molecule has 0 saturated heterocycles. The molecule has 0 fully saturated rings. The highest BCUT2D eigenvalue weighted by Crippen LogP contribution is 2.13. The van der Waals surface area contributed by atoms with Crippen LogP contribution in [0.1, 0.15) is 37.7 Å². The number of hydrogen-bond acceptors (Lipinski definition) is 8. The summed E-state index contributed by atoms with van der Waals surface area (Å²) in [6, 6.07) is 5.01. The zero-order chi connectivity index (χ0) is 33.9. The normalized spacial score (nSPS) is 12.6. The minimum Gasteiger partial charge on any atom is -0.481 e. The van der Waals surface area contributed by atoms with Crippen molar-refractivity contribution in [2.45, 2.75) is 62.8 Å². The van der Waals surface area contributed by atoms with E-state index in [1.54, 1.807) is 30.3 Å². The lowest BCUT2D eigenvalue weighted by Crippen LogP contribution is -2.53. The van der Waals surface area contributed by atoms with Crippen LogP contribution in [0.4, 0.5) is 13.2 Å². The number of alkyl halides is 3. The molecular weight excluding hydrogens is 599 g/mol. The molecule has 0 heterocycles. The summed E-state index contributed by atoms with van der Waals surface area (Å²) in [5, 5.41) is 32.9. The second kappa shape index (κ2) is 20.1. The Morgan fingerprint density at radius 2 is 1.48 bits per heavy atom. The van der Waals surface area contributed by atoms with Gasteiger partial charge in [0.1, 0.15) is 12.1 Å². The van der Waals surface area contributed by atoms with Gasteiger partial charge in [-0.2, -0.15) is 13.2 Å². The van der Waals surface area contributed by atoms with Crippen LogP contribution >= 0.6 is 0 Å². The van der Waals surface area contributed by atoms with Crippen LogP contribution < -0.4 is 33.2 Å². The van der Waals surface area contributed by atoms with E-state index in [4.69, 9.17) is 32.2 Å². The standard InChI is InChI=1S/C23H35N7O7.C2HF3O2/c24-15(8-4-11-28-23(25)26)20(34)27-10-5-9-18(31)29-16(13-19(32)33)21(35)30-17(22(36)37)12-14-6-2-1-3-7-14;3-2(4,5)1(6)7/h1-3,6-7,15-17H,4-5,8-13,24H2,(H,27,34)(H,29,31)(H,30,35)(H,32,33)(H,36,37)(H4,25,26,28);(H,6,7)/t15-,16-,17-;/m0./s1. The predicted octanol–water partition coefficient (Wildman–Crippen LogP) is -1.33. The van der Waals surface area contributed by atoms with E-state index < -0.39 is 66.4 Å². The molecule has 1 aromatic carbocycles. The van der Waals surface area contributed by atoms with Crippen molar-refractivity contribution in [3.63, 3.8) is 0 Å². The maximum atomic E-state index is 12.6. The van der Waals surface area contributed by atoms with Gasteiger partial charge in [-0.15, -0.1) is 0 Å². The van der Waals surface area contributed by atoms with Crippen molar-refractivity contribution in [3.05, 3.63) is 35.9 Å². The van der Waals surface area contributed by atoms with Gasteiger partial charge in [0, 0.05) is 25.9 Å². The van der Waals surface area contributed by atoms with E-state index in [2.05, 4.69) is 20.9 Å². The Balaban J connectivity index is 0.00000234. The van der Waals surface area contributed by atoms with E-state index in [0.717, 1.165) is 0 Å². The average Bonchev–Trinajstić information content (AvgIpc) is 2.92. The lowest BCUT2D eigenvalue weighted by Gasteiger charge is -2.20. The van der Waals surface area contributed by atoms with Crippen molar-refractivity contribution in [2.24, 2.45) is 22.2 Å². The Hall–Kier alpha value is -4.94. The molecule has 0 aliphatic heterocycles. The zero-order valence-electron chi connectivity index (χ0n) is 23.4. The molecule has 44 heavy (non-hydrogen) atoms. The molecule has 0 unspecified atom stereocenters. The van der Waals surface area contributed by atoms with E-state index >= 15 is 0 Å². The first-order chi connectivity index (χ1) is 20.4. The number of aliphatic imine (C=N–C) groups is 1. The number of halogens is 3. The minimum absolute atomic E-state index is 0.0220. The maximum absolute atomic E-state index is 12.6. The number of carboxylic acids is 3. The SMILES string of the molecule is NC(N)=NCCC[C@H](N)C(=O)NCCCC(=O)N[C@@H](CC(=O)O)C(=O)N[C@@H](Cc1ccccc1)C(=O)O.O=C(O)C(F)(F)F. The molecule has 3 amide bonds. The molecule has 12 N–H and O–H groups in total. The zero-order valence-corrected chi connectivity index (χ0v) is 23.4. The lowest BCUT2D eigenvalue weighted by atomic mass is 10.1. The third-order valence-corrected chi connectivity index (χ3v) is 5.35. The van der Waals surface area contributed by atoms with Crippen LogP contribution in [0.25, 0.3) is 0 Å². The van der Waals surface area contributed by atoms with Crippen LogP contribution in [0.5, 0.6) is 0 Å². The molecule has 0 spiro atoms. The molecule has 0 aliphatic carbocycles. The summed E-state index contributed by atoms with van der Waals surface area (Å²) in [6.07, 6.45) is -4.89. The number of carbonyl (C=O) groups excluding carboxylic acids is 3. The van der Waals surface area contributed by atoms with Crippen LogP contribution in [0.15, 0.2) is 35.3 Å². The summed E-state index contributed by atoms with van der Waals surface area (Å²) >= 11 is 0. The number of nitrogens with two attached hydrogens (primary N) is 3. The summed E-state index contributed by atoms with van der Waals surface area (Å²) in [5.41, 5.74) is 16.9. The quantitative estimate of drug-likeness (QED) is 0.0547. The van der Waals surface area contributed by atoms with Crippen LogP contribution in [-0.2, 0) is 35.2 Å². The number of guanidine groups is 1. The van der Waals surface area contributed by atoms with Gasteiger partial charge in [0.2, 0.25) is 17.7 Å². The molecule has 1 aromatic rings. The summed E-state index contributed by atoms with van der Waals surface area (Å²) in [6.45, 7) is 0.468. The fourth-order valence-electron chi connectivity index (χ4n) is 3.21. The number of nitrogens with zero attached hydrogens (tertiary/aromatic N) is 1. The Morgan fingerprint density at radius 3 is 1.98 bits per heavy atom. The topological polar surface area (TPSA) is 290 Å². The summed E-state index contributed by atoms with van der Waals surface area (Å²) in [7, 11) is 0. The first-order valence-corrected chi connectivity index (χ1v) is 12.9. The van der Waals surface area contributed by atoms with Crippen molar-refractivity contribution in [1.82, 2.24) is 16.0 Å². The fourth-order valence-corrected chi connectivity index (χ4v) is 3.21. The van der Waals surface area contributed by atoms with Crippen LogP contribution in [-0.4, -0.2) is 94.3 Å². The average molecular weight is 636 g/mol. The number of hydrogen-bond donors (Lipinski definition) is 9. The lowest BCUT2D eigenvalue weighted by molar-refractivity contribution is -0.192. The first-order valence-electron chi connectivity index (χ1n) is 12.9. The van der Waals surface area contributed by atoms with Gasteiger partial charge < -0.3 is 48.5 Å². The number of benzene rings is 1. The van der Waals surface area contributed by atoms with Crippen molar-refractivity contribution < 1.29 is 57.3 Å². The van der Waals surface area contributed by atoms with Gasteiger partial charge in [0.15, 0.2) is 5.96 Å². The molecule has 246 valence electrons. The first kappa shape index (κ1) is 39.1. The number of carboxylic acid groups (broad SMARTS) is 3. The van der Waals surface area contributed by atoms with Crippen LogP contribution in [0, 0.1) is 0 Å².